The van der Waals surface area contributed by atoms with E-state index >= 15 is 0 Å². The second kappa shape index (κ2) is 4.11. The average molecular weight is 191 g/mol. The fourth-order valence-corrected chi connectivity index (χ4v) is 2.00. The predicted octanol–water partition coefficient (Wildman–Crippen LogP) is 1.25. The van der Waals surface area contributed by atoms with E-state index in [2.05, 4.69) is 36.2 Å². The third-order valence-corrected chi connectivity index (χ3v) is 2.92. The first-order chi connectivity index (χ1) is 6.79. The molecule has 1 aliphatic heterocycles. The van der Waals surface area contributed by atoms with E-state index in [1.54, 1.807) is 0 Å². The maximum Gasteiger partial charge on any atom is 0.0471 e. The number of rotatable bonds is 3. The van der Waals surface area contributed by atoms with Crippen LogP contribution in [0.4, 0.5) is 0 Å². The largest absolute Gasteiger partial charge is 0.396 e. The van der Waals surface area contributed by atoms with Crippen LogP contribution in [-0.2, 0) is 6.42 Å². The Bertz CT molecular complexity index is 288. The molecule has 0 bridgehead atoms. The second-order valence-corrected chi connectivity index (χ2v) is 4.13. The third-order valence-electron chi connectivity index (χ3n) is 2.92. The van der Waals surface area contributed by atoms with Crippen LogP contribution in [0.2, 0.25) is 0 Å². The minimum atomic E-state index is 0.242. The monoisotopic (exact) mass is 191 g/mol. The van der Waals surface area contributed by atoms with Gasteiger partial charge in [-0.05, 0) is 24.6 Å². The normalized spacial score (nSPS) is 18.1. The molecule has 0 spiro atoms. The Balaban J connectivity index is 1.99. The molecule has 2 rings (SSSR count). The van der Waals surface area contributed by atoms with Crippen LogP contribution in [0.25, 0.3) is 0 Å². The summed E-state index contributed by atoms with van der Waals surface area (Å²) in [5.41, 5.74) is 2.66. The van der Waals surface area contributed by atoms with E-state index in [0.717, 1.165) is 12.3 Å². The van der Waals surface area contributed by atoms with E-state index < -0.39 is 0 Å². The number of hydrogen-bond acceptors (Lipinski definition) is 2. The van der Waals surface area contributed by atoms with Crippen LogP contribution in [0.5, 0.6) is 0 Å². The van der Waals surface area contributed by atoms with E-state index in [9.17, 15) is 0 Å². The average Bonchev–Trinajstić information content (AvgIpc) is 2.15. The summed E-state index contributed by atoms with van der Waals surface area (Å²) in [6, 6.07) is 8.65. The Labute approximate surface area is 85.2 Å². The van der Waals surface area contributed by atoms with Gasteiger partial charge in [-0.2, -0.15) is 0 Å². The van der Waals surface area contributed by atoms with Gasteiger partial charge in [0.2, 0.25) is 0 Å². The standard InChI is InChI=1S/C12H17NO/c1-13-8-12(9-13)11-4-2-10(3-5-11)6-7-14/h2-5,12,14H,6-9H2,1H3. The molecule has 1 saturated heterocycles. The Morgan fingerprint density at radius 2 is 1.93 bits per heavy atom. The fraction of sp³-hybridized carbons (Fsp3) is 0.500. The van der Waals surface area contributed by atoms with Crippen LogP contribution in [0, 0.1) is 0 Å². The number of likely N-dealkylation sites (tertiary alicyclic amines) is 1. The first-order valence-electron chi connectivity index (χ1n) is 5.18. The highest BCUT2D eigenvalue weighted by molar-refractivity contribution is 5.27. The molecular weight excluding hydrogens is 174 g/mol. The lowest BCUT2D eigenvalue weighted by molar-refractivity contribution is 0.190. The van der Waals surface area contributed by atoms with E-state index in [0.29, 0.717) is 0 Å². The molecule has 1 aliphatic rings. The molecular formula is C12H17NO. The predicted molar refractivity (Wildman–Crippen MR) is 57.5 cm³/mol. The molecule has 0 atom stereocenters. The molecule has 1 aromatic rings. The van der Waals surface area contributed by atoms with E-state index in [-0.39, 0.29) is 6.61 Å². The number of aliphatic hydroxyl groups is 1. The summed E-state index contributed by atoms with van der Waals surface area (Å²) in [6.45, 7) is 2.60. The quantitative estimate of drug-likeness (QED) is 0.777. The molecule has 76 valence electrons. The molecule has 1 N–H and O–H groups in total. The molecule has 2 heteroatoms. The number of benzene rings is 1. The van der Waals surface area contributed by atoms with E-state index in [1.165, 1.54) is 24.2 Å². The first kappa shape index (κ1) is 9.69. The molecule has 0 amide bonds. The van der Waals surface area contributed by atoms with Crippen molar-refractivity contribution in [1.29, 1.82) is 0 Å². The molecule has 0 aromatic heterocycles. The fourth-order valence-electron chi connectivity index (χ4n) is 2.00. The summed E-state index contributed by atoms with van der Waals surface area (Å²) in [5.74, 6) is 0.725. The number of likely N-dealkylation sites (N-methyl/N-ethyl adjacent to an activating group) is 1. The molecule has 0 unspecified atom stereocenters. The van der Waals surface area contributed by atoms with Gasteiger partial charge in [0.15, 0.2) is 0 Å². The van der Waals surface area contributed by atoms with Crippen molar-refractivity contribution in [2.24, 2.45) is 0 Å². The van der Waals surface area contributed by atoms with Gasteiger partial charge in [0.25, 0.3) is 0 Å². The number of aliphatic hydroxyl groups excluding tert-OH is 1. The Hall–Kier alpha value is -0.860. The lowest BCUT2D eigenvalue weighted by Gasteiger charge is -2.36. The van der Waals surface area contributed by atoms with Crippen LogP contribution in [0.15, 0.2) is 24.3 Å². The van der Waals surface area contributed by atoms with Crippen molar-refractivity contribution in [1.82, 2.24) is 4.90 Å². The first-order valence-corrected chi connectivity index (χ1v) is 5.18. The van der Waals surface area contributed by atoms with Gasteiger partial charge >= 0.3 is 0 Å². The molecule has 0 radical (unpaired) electrons. The zero-order chi connectivity index (χ0) is 9.97. The van der Waals surface area contributed by atoms with Crippen molar-refractivity contribution >= 4 is 0 Å². The highest BCUT2D eigenvalue weighted by Gasteiger charge is 2.24. The van der Waals surface area contributed by atoms with Crippen molar-refractivity contribution in [3.63, 3.8) is 0 Å². The summed E-state index contributed by atoms with van der Waals surface area (Å²) in [6.07, 6.45) is 0.769. The summed E-state index contributed by atoms with van der Waals surface area (Å²) < 4.78 is 0. The zero-order valence-corrected chi connectivity index (χ0v) is 8.61. The van der Waals surface area contributed by atoms with Crippen LogP contribution in [0.1, 0.15) is 17.0 Å². The van der Waals surface area contributed by atoms with Crippen LogP contribution in [0.3, 0.4) is 0 Å². The molecule has 1 fully saturated rings. The van der Waals surface area contributed by atoms with Gasteiger partial charge in [0, 0.05) is 25.6 Å². The van der Waals surface area contributed by atoms with Crippen molar-refractivity contribution in [2.75, 3.05) is 26.7 Å². The minimum Gasteiger partial charge on any atom is -0.396 e. The third kappa shape index (κ3) is 1.97. The van der Waals surface area contributed by atoms with Gasteiger partial charge < -0.3 is 10.0 Å². The number of hydrogen-bond donors (Lipinski definition) is 1. The molecule has 14 heavy (non-hydrogen) atoms. The maximum absolute atomic E-state index is 8.78. The summed E-state index contributed by atoms with van der Waals surface area (Å²) in [7, 11) is 2.15. The van der Waals surface area contributed by atoms with Gasteiger partial charge in [0.1, 0.15) is 0 Å². The van der Waals surface area contributed by atoms with E-state index in [4.69, 9.17) is 5.11 Å². The van der Waals surface area contributed by atoms with Crippen LogP contribution in [-0.4, -0.2) is 36.8 Å². The van der Waals surface area contributed by atoms with Gasteiger partial charge in [-0.15, -0.1) is 0 Å². The summed E-state index contributed by atoms with van der Waals surface area (Å²) in [5, 5.41) is 8.78. The van der Waals surface area contributed by atoms with Crippen molar-refractivity contribution in [3.8, 4) is 0 Å². The minimum absolute atomic E-state index is 0.242. The lowest BCUT2D eigenvalue weighted by Crippen LogP contribution is -2.41. The van der Waals surface area contributed by atoms with Crippen molar-refractivity contribution < 1.29 is 5.11 Å². The van der Waals surface area contributed by atoms with Gasteiger partial charge in [-0.1, -0.05) is 24.3 Å². The van der Waals surface area contributed by atoms with Crippen LogP contribution >= 0.6 is 0 Å². The zero-order valence-electron chi connectivity index (χ0n) is 8.61. The van der Waals surface area contributed by atoms with Crippen molar-refractivity contribution in [3.05, 3.63) is 35.4 Å². The Kier molecular flexibility index (Phi) is 2.85. The summed E-state index contributed by atoms with van der Waals surface area (Å²) >= 11 is 0. The molecule has 2 nitrogen and oxygen atoms in total. The maximum atomic E-state index is 8.78. The molecule has 0 aliphatic carbocycles. The number of nitrogens with zero attached hydrogens (tertiary/aromatic N) is 1. The highest BCUT2D eigenvalue weighted by Crippen LogP contribution is 2.25. The van der Waals surface area contributed by atoms with Gasteiger partial charge in [0.05, 0.1) is 0 Å². The lowest BCUT2D eigenvalue weighted by atomic mass is 9.91. The Morgan fingerprint density at radius 1 is 1.29 bits per heavy atom. The highest BCUT2D eigenvalue weighted by atomic mass is 16.2. The van der Waals surface area contributed by atoms with Gasteiger partial charge in [-0.25, -0.2) is 0 Å². The Morgan fingerprint density at radius 3 is 2.43 bits per heavy atom. The smallest absolute Gasteiger partial charge is 0.0471 e. The summed E-state index contributed by atoms with van der Waals surface area (Å²) in [4.78, 5) is 2.33. The molecule has 0 saturated carbocycles. The topological polar surface area (TPSA) is 23.5 Å². The van der Waals surface area contributed by atoms with Crippen molar-refractivity contribution in [2.45, 2.75) is 12.3 Å². The van der Waals surface area contributed by atoms with Crippen LogP contribution < -0.4 is 0 Å². The SMILES string of the molecule is CN1CC(c2ccc(CCO)cc2)C1. The van der Waals surface area contributed by atoms with E-state index in [1.807, 2.05) is 0 Å². The second-order valence-electron chi connectivity index (χ2n) is 4.13. The molecule has 1 heterocycles. The van der Waals surface area contributed by atoms with Gasteiger partial charge in [-0.3, -0.25) is 0 Å². The molecule has 1 aromatic carbocycles.